The van der Waals surface area contributed by atoms with Crippen LogP contribution in [0.5, 0.6) is 0 Å². The third-order valence-electron chi connectivity index (χ3n) is 4.57. The Bertz CT molecular complexity index is 918. The minimum absolute atomic E-state index is 0.0638. The quantitative estimate of drug-likeness (QED) is 0.813. The molecule has 0 radical (unpaired) electrons. The lowest BCUT2D eigenvalue weighted by atomic mass is 9.95. The fraction of sp³-hybridized carbons (Fsp3) is 0.316. The summed E-state index contributed by atoms with van der Waals surface area (Å²) >= 11 is 5.99. The van der Waals surface area contributed by atoms with Gasteiger partial charge in [-0.3, -0.25) is 4.79 Å². The van der Waals surface area contributed by atoms with Crippen LogP contribution in [0, 0.1) is 17.2 Å². The van der Waals surface area contributed by atoms with Crippen LogP contribution in [0.4, 0.5) is 24.7 Å². The highest BCUT2D eigenvalue weighted by Crippen LogP contribution is 2.34. The number of rotatable bonds is 3. The summed E-state index contributed by atoms with van der Waals surface area (Å²) in [4.78, 5) is 18.1. The number of piperidine rings is 1. The number of nitrogens with zero attached hydrogens (tertiary/aromatic N) is 3. The van der Waals surface area contributed by atoms with Gasteiger partial charge in [0.25, 0.3) is 0 Å². The predicted octanol–water partition coefficient (Wildman–Crippen LogP) is 4.48. The molecule has 1 amide bonds. The maximum atomic E-state index is 12.7. The molecule has 1 saturated heterocycles. The van der Waals surface area contributed by atoms with Crippen molar-refractivity contribution in [3.05, 3.63) is 52.7 Å². The summed E-state index contributed by atoms with van der Waals surface area (Å²) in [6.07, 6.45) is -2.70. The summed E-state index contributed by atoms with van der Waals surface area (Å²) in [5, 5.41) is 11.7. The van der Waals surface area contributed by atoms with Gasteiger partial charge in [0.05, 0.1) is 22.2 Å². The molecule has 9 heteroatoms. The predicted molar refractivity (Wildman–Crippen MR) is 99.0 cm³/mol. The van der Waals surface area contributed by atoms with Crippen LogP contribution >= 0.6 is 11.6 Å². The topological polar surface area (TPSA) is 69.0 Å². The van der Waals surface area contributed by atoms with E-state index in [1.807, 2.05) is 6.07 Å². The van der Waals surface area contributed by atoms with Gasteiger partial charge in [-0.25, -0.2) is 4.98 Å². The van der Waals surface area contributed by atoms with E-state index in [0.717, 1.165) is 12.3 Å². The Morgan fingerprint density at radius 2 is 2.00 bits per heavy atom. The van der Waals surface area contributed by atoms with Gasteiger partial charge in [0, 0.05) is 30.9 Å². The van der Waals surface area contributed by atoms with Crippen LogP contribution in [-0.2, 0) is 11.0 Å². The second-order valence-corrected chi connectivity index (χ2v) is 6.88. The van der Waals surface area contributed by atoms with Crippen molar-refractivity contribution in [2.24, 2.45) is 5.92 Å². The Hall–Kier alpha value is -2.79. The molecule has 0 aliphatic carbocycles. The summed E-state index contributed by atoms with van der Waals surface area (Å²) in [6, 6.07) is 9.52. The van der Waals surface area contributed by atoms with E-state index in [0.29, 0.717) is 37.2 Å². The molecule has 146 valence electrons. The van der Waals surface area contributed by atoms with E-state index in [2.05, 4.69) is 10.3 Å². The third kappa shape index (κ3) is 4.54. The van der Waals surface area contributed by atoms with E-state index >= 15 is 0 Å². The van der Waals surface area contributed by atoms with E-state index in [4.69, 9.17) is 16.9 Å². The number of alkyl halides is 3. The first kappa shape index (κ1) is 20.0. The molecule has 1 aliphatic heterocycles. The van der Waals surface area contributed by atoms with Crippen molar-refractivity contribution in [2.45, 2.75) is 19.0 Å². The zero-order valence-corrected chi connectivity index (χ0v) is 15.4. The molecular formula is C19H16ClF3N4O. The van der Waals surface area contributed by atoms with Gasteiger partial charge >= 0.3 is 6.18 Å². The van der Waals surface area contributed by atoms with Crippen molar-refractivity contribution in [3.63, 3.8) is 0 Å². The molecule has 1 aromatic heterocycles. The summed E-state index contributed by atoms with van der Waals surface area (Å²) in [6.45, 7) is 0.906. The van der Waals surface area contributed by atoms with Gasteiger partial charge in [0.15, 0.2) is 0 Å². The smallest absolute Gasteiger partial charge is 0.355 e. The summed E-state index contributed by atoms with van der Waals surface area (Å²) in [5.41, 5.74) is 0.115. The van der Waals surface area contributed by atoms with Crippen molar-refractivity contribution in [1.82, 2.24) is 4.98 Å². The number of hydrogen-bond acceptors (Lipinski definition) is 4. The van der Waals surface area contributed by atoms with Crippen LogP contribution in [-0.4, -0.2) is 24.0 Å². The van der Waals surface area contributed by atoms with Gasteiger partial charge < -0.3 is 10.2 Å². The fourth-order valence-corrected chi connectivity index (χ4v) is 3.37. The van der Waals surface area contributed by atoms with E-state index in [1.54, 1.807) is 29.2 Å². The average molecular weight is 409 g/mol. The first-order valence-electron chi connectivity index (χ1n) is 8.56. The number of halogens is 4. The van der Waals surface area contributed by atoms with Crippen LogP contribution in [0.15, 0.2) is 36.5 Å². The Morgan fingerprint density at radius 1 is 1.29 bits per heavy atom. The summed E-state index contributed by atoms with van der Waals surface area (Å²) in [5.74, 6) is -0.105. The van der Waals surface area contributed by atoms with Crippen LogP contribution in [0.25, 0.3) is 0 Å². The van der Waals surface area contributed by atoms with E-state index in [9.17, 15) is 18.0 Å². The molecule has 1 aliphatic rings. The standard InChI is InChI=1S/C19H16ClF3N4O/c20-16-9-14(19(21,22)23)11-25-17(16)27-6-4-13(5-7-27)18(28)26-15-3-1-2-12(8-15)10-24/h1-3,8-9,11,13H,4-7H2,(H,26,28). The van der Waals surface area contributed by atoms with E-state index in [1.165, 1.54) is 0 Å². The van der Waals surface area contributed by atoms with E-state index < -0.39 is 11.7 Å². The largest absolute Gasteiger partial charge is 0.417 e. The molecule has 0 unspecified atom stereocenters. The SMILES string of the molecule is N#Cc1cccc(NC(=O)C2CCN(c3ncc(C(F)(F)F)cc3Cl)CC2)c1. The normalized spacial score (nSPS) is 15.2. The first-order chi connectivity index (χ1) is 13.3. The number of nitriles is 1. The number of amides is 1. The molecule has 1 aromatic carbocycles. The maximum Gasteiger partial charge on any atom is 0.417 e. The molecular weight excluding hydrogens is 393 g/mol. The number of benzene rings is 1. The monoisotopic (exact) mass is 408 g/mol. The lowest BCUT2D eigenvalue weighted by Crippen LogP contribution is -2.38. The van der Waals surface area contributed by atoms with Crippen LogP contribution < -0.4 is 10.2 Å². The molecule has 2 heterocycles. The Morgan fingerprint density at radius 3 is 2.61 bits per heavy atom. The Balaban J connectivity index is 1.61. The minimum Gasteiger partial charge on any atom is -0.355 e. The molecule has 0 bridgehead atoms. The van der Waals surface area contributed by atoms with Crippen molar-refractivity contribution in [2.75, 3.05) is 23.3 Å². The van der Waals surface area contributed by atoms with Gasteiger partial charge in [0.1, 0.15) is 5.82 Å². The zero-order valence-electron chi connectivity index (χ0n) is 14.6. The van der Waals surface area contributed by atoms with Gasteiger partial charge in [0.2, 0.25) is 5.91 Å². The number of carbonyl (C=O) groups excluding carboxylic acids is 1. The minimum atomic E-state index is -4.50. The molecule has 0 atom stereocenters. The highest BCUT2D eigenvalue weighted by atomic mass is 35.5. The molecule has 1 N–H and O–H groups in total. The lowest BCUT2D eigenvalue weighted by molar-refractivity contribution is -0.137. The van der Waals surface area contributed by atoms with Crippen LogP contribution in [0.1, 0.15) is 24.0 Å². The second kappa shape index (κ2) is 8.07. The summed E-state index contributed by atoms with van der Waals surface area (Å²) < 4.78 is 38.2. The number of nitrogens with one attached hydrogen (secondary N) is 1. The zero-order chi connectivity index (χ0) is 20.3. The Kier molecular flexibility index (Phi) is 5.75. The highest BCUT2D eigenvalue weighted by Gasteiger charge is 2.33. The van der Waals surface area contributed by atoms with Gasteiger partial charge in [-0.05, 0) is 37.1 Å². The van der Waals surface area contributed by atoms with Crippen molar-refractivity contribution >= 4 is 29.0 Å². The van der Waals surface area contributed by atoms with Crippen molar-refractivity contribution in [3.8, 4) is 6.07 Å². The van der Waals surface area contributed by atoms with Crippen molar-refractivity contribution in [1.29, 1.82) is 5.26 Å². The molecule has 28 heavy (non-hydrogen) atoms. The molecule has 0 spiro atoms. The lowest BCUT2D eigenvalue weighted by Gasteiger charge is -2.32. The third-order valence-corrected chi connectivity index (χ3v) is 4.85. The van der Waals surface area contributed by atoms with E-state index in [-0.39, 0.29) is 22.7 Å². The Labute approximate surface area is 164 Å². The van der Waals surface area contributed by atoms with Crippen molar-refractivity contribution < 1.29 is 18.0 Å². The van der Waals surface area contributed by atoms with Gasteiger partial charge in [-0.15, -0.1) is 0 Å². The molecule has 5 nitrogen and oxygen atoms in total. The highest BCUT2D eigenvalue weighted by molar-refractivity contribution is 6.33. The number of pyridine rings is 1. The molecule has 0 saturated carbocycles. The molecule has 3 rings (SSSR count). The van der Waals surface area contributed by atoms with Gasteiger partial charge in [-0.1, -0.05) is 17.7 Å². The molecule has 2 aromatic rings. The molecule has 1 fully saturated rings. The first-order valence-corrected chi connectivity index (χ1v) is 8.94. The number of aromatic nitrogens is 1. The fourth-order valence-electron chi connectivity index (χ4n) is 3.08. The number of carbonyl (C=O) groups is 1. The van der Waals surface area contributed by atoms with Crippen LogP contribution in [0.2, 0.25) is 5.02 Å². The number of anilines is 2. The number of hydrogen-bond donors (Lipinski definition) is 1. The average Bonchev–Trinajstić information content (AvgIpc) is 2.67. The maximum absolute atomic E-state index is 12.7. The van der Waals surface area contributed by atoms with Crippen LogP contribution in [0.3, 0.4) is 0 Å². The summed E-state index contributed by atoms with van der Waals surface area (Å²) in [7, 11) is 0. The van der Waals surface area contributed by atoms with Gasteiger partial charge in [-0.2, -0.15) is 18.4 Å². The second-order valence-electron chi connectivity index (χ2n) is 6.47.